The third-order valence-electron chi connectivity index (χ3n) is 3.09. The Morgan fingerprint density at radius 2 is 1.82 bits per heavy atom. The number of ether oxygens (including phenoxy) is 2. The van der Waals surface area contributed by atoms with Gasteiger partial charge in [0.1, 0.15) is 17.8 Å². The van der Waals surface area contributed by atoms with Crippen molar-refractivity contribution in [3.63, 3.8) is 0 Å². The average Bonchev–Trinajstić information content (AvgIpc) is 2.53. The number of carbonyl (C=O) groups excluding carboxylic acids is 1. The number of benzene rings is 2. The molecule has 2 rings (SSSR count). The van der Waals surface area contributed by atoms with Crippen molar-refractivity contribution in [3.05, 3.63) is 48.6 Å². The molecule has 22 heavy (non-hydrogen) atoms. The standard InChI is InChI=1S/C18H19NO3/c1-3-21-16-7-5-15-11-17(8-6-14(15)10-16)22-18(19)9-4-13(2)12-20/h4-13,19H,3H2,1-2H3/b9-4-,19-18?. The van der Waals surface area contributed by atoms with Crippen molar-refractivity contribution in [2.45, 2.75) is 13.8 Å². The van der Waals surface area contributed by atoms with Crippen molar-refractivity contribution < 1.29 is 14.3 Å². The van der Waals surface area contributed by atoms with Gasteiger partial charge in [0.25, 0.3) is 0 Å². The van der Waals surface area contributed by atoms with E-state index in [1.54, 1.807) is 13.0 Å². The molecule has 1 N–H and O–H groups in total. The quantitative estimate of drug-likeness (QED) is 0.498. The molecule has 0 bridgehead atoms. The van der Waals surface area contributed by atoms with Crippen LogP contribution in [0.4, 0.5) is 0 Å². The summed E-state index contributed by atoms with van der Waals surface area (Å²) >= 11 is 0. The highest BCUT2D eigenvalue weighted by Crippen LogP contribution is 2.25. The smallest absolute Gasteiger partial charge is 0.211 e. The van der Waals surface area contributed by atoms with Crippen molar-refractivity contribution in [2.75, 3.05) is 6.61 Å². The first-order valence-corrected chi connectivity index (χ1v) is 7.19. The molecule has 2 aromatic carbocycles. The normalized spacial score (nSPS) is 12.3. The van der Waals surface area contributed by atoms with E-state index in [1.165, 1.54) is 6.08 Å². The van der Waals surface area contributed by atoms with Crippen LogP contribution in [0.25, 0.3) is 10.8 Å². The molecular weight excluding hydrogens is 278 g/mol. The molecule has 1 unspecified atom stereocenters. The Hall–Kier alpha value is -2.62. The maximum Gasteiger partial charge on any atom is 0.211 e. The summed E-state index contributed by atoms with van der Waals surface area (Å²) < 4.78 is 10.9. The lowest BCUT2D eigenvalue weighted by Crippen LogP contribution is -2.04. The minimum Gasteiger partial charge on any atom is -0.494 e. The fourth-order valence-corrected chi connectivity index (χ4v) is 1.97. The summed E-state index contributed by atoms with van der Waals surface area (Å²) in [6.45, 7) is 4.34. The van der Waals surface area contributed by atoms with Gasteiger partial charge < -0.3 is 14.3 Å². The van der Waals surface area contributed by atoms with E-state index < -0.39 is 0 Å². The van der Waals surface area contributed by atoms with Crippen LogP contribution in [0.5, 0.6) is 11.5 Å². The third kappa shape index (κ3) is 4.19. The van der Waals surface area contributed by atoms with E-state index in [0.29, 0.717) is 12.4 Å². The number of aldehydes is 1. The molecular formula is C18H19NO3. The summed E-state index contributed by atoms with van der Waals surface area (Å²) in [4.78, 5) is 10.5. The summed E-state index contributed by atoms with van der Waals surface area (Å²) in [5.41, 5.74) is 0. The van der Waals surface area contributed by atoms with Gasteiger partial charge in [-0.1, -0.05) is 25.1 Å². The van der Waals surface area contributed by atoms with Gasteiger partial charge in [0.05, 0.1) is 6.61 Å². The number of hydrogen-bond donors (Lipinski definition) is 1. The van der Waals surface area contributed by atoms with Crippen molar-refractivity contribution in [3.8, 4) is 11.5 Å². The van der Waals surface area contributed by atoms with Crippen LogP contribution in [0.3, 0.4) is 0 Å². The van der Waals surface area contributed by atoms with Gasteiger partial charge >= 0.3 is 0 Å². The van der Waals surface area contributed by atoms with Gasteiger partial charge in [-0.3, -0.25) is 5.41 Å². The summed E-state index contributed by atoms with van der Waals surface area (Å²) in [7, 11) is 0. The molecule has 0 aliphatic carbocycles. The lowest BCUT2D eigenvalue weighted by Gasteiger charge is -2.07. The van der Waals surface area contributed by atoms with Gasteiger partial charge in [0, 0.05) is 5.92 Å². The molecule has 0 fully saturated rings. The molecule has 0 heterocycles. The SMILES string of the molecule is CCOc1ccc2cc(OC(=N)/C=C\C(C)C=O)ccc2c1. The van der Waals surface area contributed by atoms with Crippen LogP contribution in [0.2, 0.25) is 0 Å². The fraction of sp³-hybridized carbons (Fsp3) is 0.222. The molecule has 114 valence electrons. The van der Waals surface area contributed by atoms with E-state index in [0.717, 1.165) is 22.8 Å². The molecule has 0 saturated heterocycles. The second-order valence-electron chi connectivity index (χ2n) is 4.92. The van der Waals surface area contributed by atoms with Crippen LogP contribution in [-0.4, -0.2) is 18.8 Å². The summed E-state index contributed by atoms with van der Waals surface area (Å²) in [6.07, 6.45) is 3.93. The summed E-state index contributed by atoms with van der Waals surface area (Å²) in [5.74, 6) is 1.20. The van der Waals surface area contributed by atoms with Gasteiger partial charge in [-0.2, -0.15) is 0 Å². The monoisotopic (exact) mass is 297 g/mol. The molecule has 1 atom stereocenters. The van der Waals surface area contributed by atoms with Crippen LogP contribution in [0.1, 0.15) is 13.8 Å². The lowest BCUT2D eigenvalue weighted by atomic mass is 10.1. The molecule has 0 aliphatic heterocycles. The molecule has 0 spiro atoms. The van der Waals surface area contributed by atoms with E-state index in [4.69, 9.17) is 14.9 Å². The first-order valence-electron chi connectivity index (χ1n) is 7.19. The van der Waals surface area contributed by atoms with E-state index in [9.17, 15) is 4.79 Å². The molecule has 0 aliphatic rings. The molecule has 0 saturated carbocycles. The molecule has 0 aromatic heterocycles. The summed E-state index contributed by atoms with van der Waals surface area (Å²) in [6, 6.07) is 11.5. The maximum atomic E-state index is 10.5. The molecule has 0 radical (unpaired) electrons. The van der Waals surface area contributed by atoms with Gasteiger partial charge in [0.2, 0.25) is 5.90 Å². The average molecular weight is 297 g/mol. The predicted octanol–water partition coefficient (Wildman–Crippen LogP) is 3.99. The zero-order chi connectivity index (χ0) is 15.9. The Labute approximate surface area is 129 Å². The lowest BCUT2D eigenvalue weighted by molar-refractivity contribution is -0.109. The zero-order valence-corrected chi connectivity index (χ0v) is 12.7. The first kappa shape index (κ1) is 15.8. The fourth-order valence-electron chi connectivity index (χ4n) is 1.97. The van der Waals surface area contributed by atoms with E-state index in [1.807, 2.05) is 43.3 Å². The highest BCUT2D eigenvalue weighted by Gasteiger charge is 2.02. The van der Waals surface area contributed by atoms with Crippen LogP contribution >= 0.6 is 0 Å². The van der Waals surface area contributed by atoms with E-state index >= 15 is 0 Å². The molecule has 0 amide bonds. The number of hydrogen-bond acceptors (Lipinski definition) is 4. The Morgan fingerprint density at radius 1 is 1.18 bits per heavy atom. The first-order chi connectivity index (χ1) is 10.6. The van der Waals surface area contributed by atoms with Crippen LogP contribution in [-0.2, 0) is 4.79 Å². The van der Waals surface area contributed by atoms with Crippen molar-refractivity contribution in [2.24, 2.45) is 5.92 Å². The Kier molecular flexibility index (Phi) is 5.31. The van der Waals surface area contributed by atoms with Crippen molar-refractivity contribution >= 4 is 23.0 Å². The topological polar surface area (TPSA) is 59.4 Å². The molecule has 4 nitrogen and oxygen atoms in total. The largest absolute Gasteiger partial charge is 0.494 e. The van der Waals surface area contributed by atoms with Gasteiger partial charge in [0.15, 0.2) is 0 Å². The summed E-state index contributed by atoms with van der Waals surface area (Å²) in [5, 5.41) is 9.81. The van der Waals surface area contributed by atoms with Crippen molar-refractivity contribution in [1.29, 1.82) is 5.41 Å². The van der Waals surface area contributed by atoms with E-state index in [-0.39, 0.29) is 11.8 Å². The van der Waals surface area contributed by atoms with Gasteiger partial charge in [-0.25, -0.2) is 0 Å². The number of nitrogens with one attached hydrogen (secondary N) is 1. The minimum atomic E-state index is -0.224. The maximum absolute atomic E-state index is 10.5. The van der Waals surface area contributed by atoms with Crippen LogP contribution in [0, 0.1) is 11.3 Å². The number of carbonyl (C=O) groups is 1. The Bertz CT molecular complexity index is 707. The number of rotatable bonds is 6. The number of fused-ring (bicyclic) bond motifs is 1. The van der Waals surface area contributed by atoms with Gasteiger partial charge in [-0.15, -0.1) is 0 Å². The molecule has 2 aromatic rings. The highest BCUT2D eigenvalue weighted by molar-refractivity contribution is 5.89. The second kappa shape index (κ2) is 7.41. The molecule has 4 heteroatoms. The highest BCUT2D eigenvalue weighted by atomic mass is 16.5. The van der Waals surface area contributed by atoms with Crippen LogP contribution in [0.15, 0.2) is 48.6 Å². The van der Waals surface area contributed by atoms with Gasteiger partial charge in [-0.05, 0) is 48.0 Å². The predicted molar refractivity (Wildman–Crippen MR) is 87.8 cm³/mol. The van der Waals surface area contributed by atoms with Crippen molar-refractivity contribution in [1.82, 2.24) is 0 Å². The van der Waals surface area contributed by atoms with Crippen LogP contribution < -0.4 is 9.47 Å². The van der Waals surface area contributed by atoms with E-state index in [2.05, 4.69) is 0 Å². The zero-order valence-electron chi connectivity index (χ0n) is 12.7. The second-order valence-corrected chi connectivity index (χ2v) is 4.92. The Balaban J connectivity index is 2.12. The Morgan fingerprint density at radius 3 is 2.45 bits per heavy atom. The number of allylic oxidation sites excluding steroid dienone is 1. The third-order valence-corrected chi connectivity index (χ3v) is 3.09. The minimum absolute atomic E-state index is 0.000938.